The molecule has 2 N–H and O–H groups in total. The van der Waals surface area contributed by atoms with Crippen molar-refractivity contribution >= 4 is 15.7 Å². The predicted molar refractivity (Wildman–Crippen MR) is 55.1 cm³/mol. The van der Waals surface area contributed by atoms with Crippen molar-refractivity contribution in [2.75, 3.05) is 6.54 Å². The Hall–Kier alpha value is -0.513. The molecule has 0 aromatic heterocycles. The highest BCUT2D eigenvalue weighted by molar-refractivity contribution is 6.36. The van der Waals surface area contributed by atoms with Crippen molar-refractivity contribution in [2.24, 2.45) is 0 Å². The number of carbonyl (C=O) groups is 1. The van der Waals surface area contributed by atoms with Gasteiger partial charge in [0.2, 0.25) is 0 Å². The van der Waals surface area contributed by atoms with Crippen LogP contribution in [0.5, 0.6) is 0 Å². The summed E-state index contributed by atoms with van der Waals surface area (Å²) in [4.78, 5) is 13.9. The zero-order valence-corrected chi connectivity index (χ0v) is 9.57. The van der Waals surface area contributed by atoms with Crippen LogP contribution in [0, 0.1) is 0 Å². The van der Waals surface area contributed by atoms with Gasteiger partial charge in [-0.05, 0) is 12.5 Å². The van der Waals surface area contributed by atoms with E-state index in [4.69, 9.17) is 0 Å². The molecule has 2 amide bonds. The third kappa shape index (κ3) is 7.59. The van der Waals surface area contributed by atoms with E-state index in [0.29, 0.717) is 0 Å². The Morgan fingerprint density at radius 1 is 1.33 bits per heavy atom. The maximum absolute atomic E-state index is 11.0. The van der Waals surface area contributed by atoms with Gasteiger partial charge < -0.3 is 10.3 Å². The van der Waals surface area contributed by atoms with Gasteiger partial charge in [-0.25, -0.2) is 4.79 Å². The lowest BCUT2D eigenvalue weighted by Gasteiger charge is -2.05. The van der Waals surface area contributed by atoms with Crippen LogP contribution < -0.4 is 10.3 Å². The van der Waals surface area contributed by atoms with Gasteiger partial charge in [0.25, 0.3) is 0 Å². The molecule has 3 nitrogen and oxygen atoms in total. The molecule has 0 saturated heterocycles. The monoisotopic (exact) mass is 188 g/mol. The van der Waals surface area contributed by atoms with E-state index in [2.05, 4.69) is 24.1 Å². The lowest BCUT2D eigenvalue weighted by Crippen LogP contribution is -2.37. The number of hydrogen-bond donors (Lipinski definition) is 2. The second-order valence-corrected chi connectivity index (χ2v) is 4.45. The minimum atomic E-state index is -0.332. The Balaban J connectivity index is 3.10. The SMILES string of the molecule is CCCCNC(=O)N[SiH2]CCC. The number of nitrogens with one attached hydrogen (secondary N) is 2. The quantitative estimate of drug-likeness (QED) is 0.474. The Labute approximate surface area is 77.2 Å². The van der Waals surface area contributed by atoms with Gasteiger partial charge in [-0.1, -0.05) is 26.7 Å². The summed E-state index contributed by atoms with van der Waals surface area (Å²) in [6, 6.07) is 1.23. The molecule has 0 bridgehead atoms. The fourth-order valence-electron chi connectivity index (χ4n) is 0.820. The molecule has 0 unspecified atom stereocenters. The molecule has 0 saturated carbocycles. The number of unbranched alkanes of at least 4 members (excludes halogenated alkanes) is 1. The number of carbonyl (C=O) groups excluding carboxylic acids is 1. The van der Waals surface area contributed by atoms with E-state index in [9.17, 15) is 4.79 Å². The van der Waals surface area contributed by atoms with Crippen LogP contribution in [-0.4, -0.2) is 22.3 Å². The van der Waals surface area contributed by atoms with Crippen LogP contribution in [0.25, 0.3) is 0 Å². The first kappa shape index (κ1) is 11.5. The van der Waals surface area contributed by atoms with Gasteiger partial charge in [-0.3, -0.25) is 0 Å². The molecule has 0 atom stereocenters. The smallest absolute Gasteiger partial charge is 0.306 e. The lowest BCUT2D eigenvalue weighted by molar-refractivity contribution is 0.245. The minimum Gasteiger partial charge on any atom is -0.370 e. The van der Waals surface area contributed by atoms with Crippen LogP contribution in [0.1, 0.15) is 33.1 Å². The minimum absolute atomic E-state index is 0.0311. The molecule has 0 aromatic carbocycles. The zero-order chi connectivity index (χ0) is 9.23. The summed E-state index contributed by atoms with van der Waals surface area (Å²) >= 11 is 0. The summed E-state index contributed by atoms with van der Waals surface area (Å²) < 4.78 is 0. The molecule has 0 spiro atoms. The molecule has 0 aliphatic heterocycles. The number of rotatable bonds is 6. The number of urea groups is 1. The van der Waals surface area contributed by atoms with E-state index in [1.54, 1.807) is 0 Å². The van der Waals surface area contributed by atoms with Crippen LogP contribution in [0.2, 0.25) is 6.04 Å². The molecule has 0 aliphatic rings. The Bertz CT molecular complexity index is 108. The predicted octanol–water partition coefficient (Wildman–Crippen LogP) is 0.998. The van der Waals surface area contributed by atoms with E-state index in [0.717, 1.165) is 19.4 Å². The maximum Gasteiger partial charge on any atom is 0.306 e. The maximum atomic E-state index is 11.0. The van der Waals surface area contributed by atoms with E-state index < -0.39 is 0 Å². The van der Waals surface area contributed by atoms with E-state index in [1.165, 1.54) is 12.5 Å². The van der Waals surface area contributed by atoms with Gasteiger partial charge >= 0.3 is 6.03 Å². The lowest BCUT2D eigenvalue weighted by atomic mass is 10.3. The molecule has 0 radical (unpaired) electrons. The summed E-state index contributed by atoms with van der Waals surface area (Å²) in [5.74, 6) is 0. The zero-order valence-electron chi connectivity index (χ0n) is 8.15. The summed E-state index contributed by atoms with van der Waals surface area (Å²) in [6.07, 6.45) is 3.39. The largest absolute Gasteiger partial charge is 0.370 e. The number of hydrogen-bond acceptors (Lipinski definition) is 1. The van der Waals surface area contributed by atoms with Crippen molar-refractivity contribution < 1.29 is 4.79 Å². The third-order valence-electron chi connectivity index (χ3n) is 1.63. The van der Waals surface area contributed by atoms with E-state index >= 15 is 0 Å². The second-order valence-electron chi connectivity index (χ2n) is 2.89. The molecule has 0 fully saturated rings. The van der Waals surface area contributed by atoms with Gasteiger partial charge in [-0.15, -0.1) is 0 Å². The number of amides is 2. The summed E-state index contributed by atoms with van der Waals surface area (Å²) in [5.41, 5.74) is 0. The summed E-state index contributed by atoms with van der Waals surface area (Å²) in [5, 5.41) is 2.83. The normalized spacial score (nSPS) is 10.5. The Morgan fingerprint density at radius 3 is 2.67 bits per heavy atom. The van der Waals surface area contributed by atoms with Gasteiger partial charge in [-0.2, -0.15) is 0 Å². The molecular weight excluding hydrogens is 168 g/mol. The van der Waals surface area contributed by atoms with Crippen LogP contribution >= 0.6 is 0 Å². The highest BCUT2D eigenvalue weighted by Gasteiger charge is 1.96. The Morgan fingerprint density at radius 2 is 2.08 bits per heavy atom. The van der Waals surface area contributed by atoms with Gasteiger partial charge in [0.15, 0.2) is 0 Å². The van der Waals surface area contributed by atoms with Crippen molar-refractivity contribution in [2.45, 2.75) is 39.2 Å². The molecule has 72 valence electrons. The average molecular weight is 188 g/mol. The molecule has 0 rings (SSSR count). The van der Waals surface area contributed by atoms with Gasteiger partial charge in [0.05, 0.1) is 0 Å². The average Bonchev–Trinajstić information content (AvgIpc) is 2.06. The third-order valence-corrected chi connectivity index (χ3v) is 3.26. The van der Waals surface area contributed by atoms with Gasteiger partial charge in [0, 0.05) is 6.54 Å². The first-order chi connectivity index (χ1) is 5.81. The van der Waals surface area contributed by atoms with E-state index in [-0.39, 0.29) is 15.7 Å². The molecule has 0 aromatic rings. The standard InChI is InChI=1S/C8H20N2OSi/c1-3-5-6-9-8(11)10-12-7-4-2/h3-7,12H2,1-2H3,(H2,9,10,11). The first-order valence-corrected chi connectivity index (χ1v) is 6.53. The van der Waals surface area contributed by atoms with Crippen molar-refractivity contribution in [3.05, 3.63) is 0 Å². The van der Waals surface area contributed by atoms with Crippen LogP contribution in [0.4, 0.5) is 4.79 Å². The molecule has 0 heterocycles. The van der Waals surface area contributed by atoms with Crippen molar-refractivity contribution in [1.82, 2.24) is 10.3 Å². The summed E-state index contributed by atoms with van der Waals surface area (Å²) in [6.45, 7) is 5.07. The fourth-order valence-corrected chi connectivity index (χ4v) is 1.70. The van der Waals surface area contributed by atoms with Crippen molar-refractivity contribution in [3.63, 3.8) is 0 Å². The Kier molecular flexibility index (Phi) is 8.22. The second kappa shape index (κ2) is 8.58. The fraction of sp³-hybridized carbons (Fsp3) is 0.875. The molecule has 0 aliphatic carbocycles. The molecule has 4 heteroatoms. The highest BCUT2D eigenvalue weighted by atomic mass is 28.2. The van der Waals surface area contributed by atoms with Crippen LogP contribution in [0.3, 0.4) is 0 Å². The van der Waals surface area contributed by atoms with Crippen molar-refractivity contribution in [1.29, 1.82) is 0 Å². The van der Waals surface area contributed by atoms with Gasteiger partial charge in [0.1, 0.15) is 9.68 Å². The first-order valence-electron chi connectivity index (χ1n) is 4.83. The molecular formula is C8H20N2OSi. The topological polar surface area (TPSA) is 41.1 Å². The molecule has 12 heavy (non-hydrogen) atoms. The highest BCUT2D eigenvalue weighted by Crippen LogP contribution is 1.83. The summed E-state index contributed by atoms with van der Waals surface area (Å²) in [7, 11) is -0.332. The van der Waals surface area contributed by atoms with Crippen LogP contribution in [-0.2, 0) is 0 Å². The van der Waals surface area contributed by atoms with Crippen molar-refractivity contribution in [3.8, 4) is 0 Å². The van der Waals surface area contributed by atoms with E-state index in [1.807, 2.05) is 0 Å². The van der Waals surface area contributed by atoms with Crippen LogP contribution in [0.15, 0.2) is 0 Å².